The average Bonchev–Trinajstić information content (AvgIpc) is 2.33. The molecule has 0 saturated heterocycles. The van der Waals surface area contributed by atoms with Crippen molar-refractivity contribution in [2.45, 2.75) is 17.8 Å². The molecular weight excluding hydrogens is 309 g/mol. The molecule has 5 nitrogen and oxygen atoms in total. The standard InChI is InChI=1S/C11H9Cl2N3O2S/c1-7-3-15-11(16-4-7)19(17,18)6-10-9(13)2-8(12)5-14-10/h2-5H,6H2,1H3. The minimum atomic E-state index is -3.68. The minimum absolute atomic E-state index is 0.197. The highest BCUT2D eigenvalue weighted by Crippen LogP contribution is 2.21. The van der Waals surface area contributed by atoms with Gasteiger partial charge in [-0.1, -0.05) is 23.2 Å². The lowest BCUT2D eigenvalue weighted by Crippen LogP contribution is -2.10. The molecule has 0 aliphatic heterocycles. The normalized spacial score (nSPS) is 11.5. The van der Waals surface area contributed by atoms with Crippen molar-refractivity contribution >= 4 is 33.0 Å². The van der Waals surface area contributed by atoms with Gasteiger partial charge in [0.2, 0.25) is 15.0 Å². The summed E-state index contributed by atoms with van der Waals surface area (Å²) in [6, 6.07) is 1.44. The third-order valence-electron chi connectivity index (χ3n) is 2.25. The van der Waals surface area contributed by atoms with Crippen molar-refractivity contribution in [1.82, 2.24) is 15.0 Å². The van der Waals surface area contributed by atoms with Crippen molar-refractivity contribution in [2.75, 3.05) is 0 Å². The molecule has 0 bridgehead atoms. The second kappa shape index (κ2) is 5.40. The molecule has 0 fully saturated rings. The first-order valence-electron chi connectivity index (χ1n) is 5.20. The van der Waals surface area contributed by atoms with Crippen molar-refractivity contribution in [1.29, 1.82) is 0 Å². The summed E-state index contributed by atoms with van der Waals surface area (Å²) in [4.78, 5) is 11.5. The fraction of sp³-hybridized carbons (Fsp3) is 0.182. The molecule has 2 aromatic rings. The monoisotopic (exact) mass is 317 g/mol. The van der Waals surface area contributed by atoms with Crippen LogP contribution in [0.4, 0.5) is 0 Å². The van der Waals surface area contributed by atoms with Crippen molar-refractivity contribution in [3.8, 4) is 0 Å². The maximum atomic E-state index is 12.1. The molecule has 0 aliphatic carbocycles. The molecule has 0 spiro atoms. The predicted molar refractivity (Wildman–Crippen MR) is 71.9 cm³/mol. The Balaban J connectivity index is 2.33. The first-order chi connectivity index (χ1) is 8.88. The molecule has 19 heavy (non-hydrogen) atoms. The summed E-state index contributed by atoms with van der Waals surface area (Å²) in [7, 11) is -3.68. The van der Waals surface area contributed by atoms with Crippen LogP contribution in [0.1, 0.15) is 11.3 Å². The number of rotatable bonds is 3. The van der Waals surface area contributed by atoms with E-state index in [4.69, 9.17) is 23.2 Å². The second-order valence-electron chi connectivity index (χ2n) is 3.88. The summed E-state index contributed by atoms with van der Waals surface area (Å²) in [6.07, 6.45) is 4.22. The first kappa shape index (κ1) is 14.2. The van der Waals surface area contributed by atoms with E-state index < -0.39 is 9.84 Å². The third-order valence-corrected chi connectivity index (χ3v) is 4.20. The van der Waals surface area contributed by atoms with E-state index in [0.717, 1.165) is 5.56 Å². The lowest BCUT2D eigenvalue weighted by atomic mass is 10.4. The molecule has 2 rings (SSSR count). The van der Waals surface area contributed by atoms with Gasteiger partial charge in [-0.2, -0.15) is 0 Å². The highest BCUT2D eigenvalue weighted by molar-refractivity contribution is 7.90. The van der Waals surface area contributed by atoms with Crippen LogP contribution >= 0.6 is 23.2 Å². The van der Waals surface area contributed by atoms with Gasteiger partial charge in [0.1, 0.15) is 5.75 Å². The minimum Gasteiger partial charge on any atom is -0.257 e. The lowest BCUT2D eigenvalue weighted by Gasteiger charge is -2.04. The van der Waals surface area contributed by atoms with Crippen LogP contribution in [0.3, 0.4) is 0 Å². The fourth-order valence-corrected chi connectivity index (χ4v) is 3.01. The Kier molecular flexibility index (Phi) is 4.03. The summed E-state index contributed by atoms with van der Waals surface area (Å²) < 4.78 is 24.2. The van der Waals surface area contributed by atoms with E-state index in [1.807, 2.05) is 0 Å². The number of halogens is 2. The first-order valence-corrected chi connectivity index (χ1v) is 7.60. The zero-order valence-electron chi connectivity index (χ0n) is 9.84. The van der Waals surface area contributed by atoms with Crippen molar-refractivity contribution in [2.24, 2.45) is 0 Å². The highest BCUT2D eigenvalue weighted by Gasteiger charge is 2.21. The van der Waals surface area contributed by atoms with E-state index >= 15 is 0 Å². The van der Waals surface area contributed by atoms with E-state index in [2.05, 4.69) is 15.0 Å². The van der Waals surface area contributed by atoms with Gasteiger partial charge < -0.3 is 0 Å². The summed E-state index contributed by atoms with van der Waals surface area (Å²) >= 11 is 11.6. The fourth-order valence-electron chi connectivity index (χ4n) is 1.33. The largest absolute Gasteiger partial charge is 0.257 e. The van der Waals surface area contributed by atoms with Crippen LogP contribution in [-0.2, 0) is 15.6 Å². The van der Waals surface area contributed by atoms with Crippen LogP contribution < -0.4 is 0 Å². The average molecular weight is 318 g/mol. The number of hydrogen-bond donors (Lipinski definition) is 0. The molecular formula is C11H9Cl2N3O2S. The molecule has 0 saturated carbocycles. The number of aromatic nitrogens is 3. The SMILES string of the molecule is Cc1cnc(S(=O)(=O)Cc2ncc(Cl)cc2Cl)nc1. The summed E-state index contributed by atoms with van der Waals surface area (Å²) in [5.41, 5.74) is 0.997. The molecule has 0 aromatic carbocycles. The summed E-state index contributed by atoms with van der Waals surface area (Å²) in [6.45, 7) is 1.77. The number of nitrogens with zero attached hydrogens (tertiary/aromatic N) is 3. The molecule has 2 heterocycles. The Morgan fingerprint density at radius 1 is 1.11 bits per heavy atom. The molecule has 0 N–H and O–H groups in total. The highest BCUT2D eigenvalue weighted by atomic mass is 35.5. The topological polar surface area (TPSA) is 72.8 Å². The molecule has 8 heteroatoms. The van der Waals surface area contributed by atoms with Crippen LogP contribution in [0.5, 0.6) is 0 Å². The van der Waals surface area contributed by atoms with E-state index in [9.17, 15) is 8.42 Å². The zero-order chi connectivity index (χ0) is 14.0. The zero-order valence-corrected chi connectivity index (χ0v) is 12.2. The Hall–Kier alpha value is -1.24. The Bertz CT molecular complexity index is 702. The van der Waals surface area contributed by atoms with Crippen LogP contribution in [-0.4, -0.2) is 23.4 Å². The molecule has 2 aromatic heterocycles. The smallest absolute Gasteiger partial charge is 0.247 e. The molecule has 100 valence electrons. The Morgan fingerprint density at radius 3 is 2.32 bits per heavy atom. The van der Waals surface area contributed by atoms with Crippen molar-refractivity contribution in [3.05, 3.63) is 46.0 Å². The maximum absolute atomic E-state index is 12.1. The second-order valence-corrected chi connectivity index (χ2v) is 6.61. The van der Waals surface area contributed by atoms with Gasteiger partial charge in [0.05, 0.1) is 15.7 Å². The van der Waals surface area contributed by atoms with Crippen LogP contribution in [0.25, 0.3) is 0 Å². The summed E-state index contributed by atoms with van der Waals surface area (Å²) in [5, 5.41) is 0.298. The van der Waals surface area contributed by atoms with Crippen LogP contribution in [0, 0.1) is 6.92 Å². The van der Waals surface area contributed by atoms with Gasteiger partial charge in [-0.15, -0.1) is 0 Å². The van der Waals surface area contributed by atoms with Crippen molar-refractivity contribution in [3.63, 3.8) is 0 Å². The number of pyridine rings is 1. The quantitative estimate of drug-likeness (QED) is 0.813. The Morgan fingerprint density at radius 2 is 1.74 bits per heavy atom. The van der Waals surface area contributed by atoms with Crippen molar-refractivity contribution < 1.29 is 8.42 Å². The number of aryl methyl sites for hydroxylation is 1. The predicted octanol–water partition coefficient (Wildman–Crippen LogP) is 2.46. The van der Waals surface area contributed by atoms with Gasteiger partial charge in [0.15, 0.2) is 0 Å². The van der Waals surface area contributed by atoms with Gasteiger partial charge >= 0.3 is 0 Å². The molecule has 0 atom stereocenters. The lowest BCUT2D eigenvalue weighted by molar-refractivity contribution is 0.585. The van der Waals surface area contributed by atoms with Gasteiger partial charge in [0, 0.05) is 18.6 Å². The molecule has 0 amide bonds. The van der Waals surface area contributed by atoms with E-state index in [0.29, 0.717) is 5.02 Å². The maximum Gasteiger partial charge on any atom is 0.247 e. The third kappa shape index (κ3) is 3.40. The van der Waals surface area contributed by atoms with Crippen LogP contribution in [0.15, 0.2) is 29.8 Å². The number of sulfone groups is 1. The van der Waals surface area contributed by atoms with Gasteiger partial charge in [-0.3, -0.25) is 4.98 Å². The Labute approximate surface area is 120 Å². The van der Waals surface area contributed by atoms with Gasteiger partial charge in [-0.25, -0.2) is 18.4 Å². The summed E-state index contributed by atoms with van der Waals surface area (Å²) in [5.74, 6) is -0.369. The molecule has 0 radical (unpaired) electrons. The van der Waals surface area contributed by atoms with E-state index in [1.165, 1.54) is 24.7 Å². The van der Waals surface area contributed by atoms with Crippen LogP contribution in [0.2, 0.25) is 10.0 Å². The van der Waals surface area contributed by atoms with Gasteiger partial charge in [-0.05, 0) is 18.6 Å². The molecule has 0 unspecified atom stereocenters. The van der Waals surface area contributed by atoms with E-state index in [-0.39, 0.29) is 21.6 Å². The van der Waals surface area contributed by atoms with E-state index in [1.54, 1.807) is 6.92 Å². The molecule has 0 aliphatic rings. The van der Waals surface area contributed by atoms with Gasteiger partial charge in [0.25, 0.3) is 0 Å². The number of hydrogen-bond acceptors (Lipinski definition) is 5.